The Morgan fingerprint density at radius 1 is 1.46 bits per heavy atom. The summed E-state index contributed by atoms with van der Waals surface area (Å²) in [5.41, 5.74) is 2.41. The monoisotopic (exact) mass is 369 g/mol. The summed E-state index contributed by atoms with van der Waals surface area (Å²) < 4.78 is 4.97. The maximum Gasteiger partial charge on any atom is 0.240 e. The number of carbonyl (C=O) groups excluding carboxylic acids is 1. The van der Waals surface area contributed by atoms with Crippen molar-refractivity contribution in [3.05, 3.63) is 45.1 Å². The Morgan fingerprint density at radius 2 is 2.21 bits per heavy atom. The van der Waals surface area contributed by atoms with Gasteiger partial charge in [0.25, 0.3) is 0 Å². The number of halogens is 2. The molecule has 0 aliphatic heterocycles. The van der Waals surface area contributed by atoms with E-state index in [0.29, 0.717) is 28.0 Å². The Kier molecular flexibility index (Phi) is 4.83. The second-order valence-corrected chi connectivity index (χ2v) is 6.81. The number of nitrogens with zero attached hydrogens (tertiary/aromatic N) is 2. The van der Waals surface area contributed by atoms with E-state index in [2.05, 4.69) is 10.5 Å². The number of aliphatic hydroxyl groups excluding tert-OH is 1. The number of likely N-dealkylation sites (N-methyl/N-ethyl adjacent to an activating group) is 1. The molecule has 8 heteroatoms. The molecule has 0 spiro atoms. The number of aliphatic hydroxyl groups is 1. The number of anilines is 1. The number of fused-ring (bicyclic) bond motifs is 1. The van der Waals surface area contributed by atoms with Crippen molar-refractivity contribution in [2.75, 3.05) is 18.9 Å². The summed E-state index contributed by atoms with van der Waals surface area (Å²) in [4.78, 5) is 13.9. The lowest BCUT2D eigenvalue weighted by atomic mass is 10.1. The van der Waals surface area contributed by atoms with Crippen LogP contribution in [0.25, 0.3) is 0 Å². The highest BCUT2D eigenvalue weighted by Crippen LogP contribution is 2.40. The second-order valence-electron chi connectivity index (χ2n) is 5.97. The molecule has 1 aromatic heterocycles. The van der Waals surface area contributed by atoms with Gasteiger partial charge >= 0.3 is 0 Å². The Balaban J connectivity index is 1.74. The minimum absolute atomic E-state index is 0.0745. The van der Waals surface area contributed by atoms with Gasteiger partial charge in [0.05, 0.1) is 24.4 Å². The molecule has 2 aromatic rings. The molecule has 1 amide bonds. The Bertz CT molecular complexity index is 778. The smallest absolute Gasteiger partial charge is 0.240 e. The molecule has 2 N–H and O–H groups in total. The molecule has 2 unspecified atom stereocenters. The lowest BCUT2D eigenvalue weighted by Crippen LogP contribution is -2.37. The van der Waals surface area contributed by atoms with E-state index in [1.807, 2.05) is 0 Å². The van der Waals surface area contributed by atoms with Crippen LogP contribution in [0.3, 0.4) is 0 Å². The van der Waals surface area contributed by atoms with Gasteiger partial charge < -0.3 is 9.63 Å². The summed E-state index contributed by atoms with van der Waals surface area (Å²) in [6, 6.07) is 4.74. The third kappa shape index (κ3) is 3.42. The van der Waals surface area contributed by atoms with Gasteiger partial charge in [-0.1, -0.05) is 28.4 Å². The first-order valence-electron chi connectivity index (χ1n) is 7.44. The van der Waals surface area contributed by atoms with Crippen molar-refractivity contribution in [1.29, 1.82) is 0 Å². The molecular weight excluding hydrogens is 353 g/mol. The second kappa shape index (κ2) is 6.72. The van der Waals surface area contributed by atoms with Crippen LogP contribution >= 0.6 is 23.2 Å². The van der Waals surface area contributed by atoms with Gasteiger partial charge in [0.1, 0.15) is 0 Å². The summed E-state index contributed by atoms with van der Waals surface area (Å²) in [7, 11) is 1.77. The summed E-state index contributed by atoms with van der Waals surface area (Å²) in [5, 5.41) is 17.8. The zero-order valence-electron chi connectivity index (χ0n) is 13.2. The predicted octanol–water partition coefficient (Wildman–Crippen LogP) is 2.82. The summed E-state index contributed by atoms with van der Waals surface area (Å²) in [6.45, 7) is 1.84. The van der Waals surface area contributed by atoms with Crippen molar-refractivity contribution in [3.8, 4) is 0 Å². The van der Waals surface area contributed by atoms with Gasteiger partial charge in [-0.3, -0.25) is 15.0 Å². The minimum Gasteiger partial charge on any atom is -0.391 e. The van der Waals surface area contributed by atoms with Crippen LogP contribution in [-0.4, -0.2) is 40.8 Å². The normalized spacial score (nSPS) is 19.6. The van der Waals surface area contributed by atoms with Crippen molar-refractivity contribution in [2.24, 2.45) is 0 Å². The topological polar surface area (TPSA) is 78.6 Å². The van der Waals surface area contributed by atoms with E-state index in [4.69, 9.17) is 27.7 Å². The van der Waals surface area contributed by atoms with Crippen LogP contribution in [-0.2, 0) is 11.2 Å². The van der Waals surface area contributed by atoms with Crippen molar-refractivity contribution < 1.29 is 14.4 Å². The molecule has 0 saturated heterocycles. The number of rotatable bonds is 4. The average Bonchev–Trinajstić information content (AvgIpc) is 3.01. The zero-order valence-corrected chi connectivity index (χ0v) is 14.7. The summed E-state index contributed by atoms with van der Waals surface area (Å²) in [5.74, 6) is 0.0341. The molecule has 1 aromatic carbocycles. The number of aryl methyl sites for hydroxylation is 1. The van der Waals surface area contributed by atoms with Gasteiger partial charge in [-0.2, -0.15) is 0 Å². The summed E-state index contributed by atoms with van der Waals surface area (Å²) in [6.07, 6.45) is -0.218. The quantitative estimate of drug-likeness (QED) is 0.866. The number of benzene rings is 1. The lowest BCUT2D eigenvalue weighted by Gasteiger charge is -2.27. The largest absolute Gasteiger partial charge is 0.391 e. The highest BCUT2D eigenvalue weighted by Gasteiger charge is 2.36. The number of amides is 1. The van der Waals surface area contributed by atoms with Crippen LogP contribution in [0.1, 0.15) is 22.9 Å². The molecule has 0 fully saturated rings. The third-order valence-electron chi connectivity index (χ3n) is 4.05. The minimum atomic E-state index is -0.652. The molecule has 1 aliphatic rings. The molecule has 0 bridgehead atoms. The molecule has 1 heterocycles. The molecule has 0 radical (unpaired) electrons. The Labute approximate surface area is 149 Å². The highest BCUT2D eigenvalue weighted by atomic mass is 35.5. The fourth-order valence-corrected chi connectivity index (χ4v) is 3.67. The molecular formula is C16H17Cl2N3O3. The first-order valence-corrected chi connectivity index (χ1v) is 8.20. The van der Waals surface area contributed by atoms with Crippen LogP contribution in [0.5, 0.6) is 0 Å². The average molecular weight is 370 g/mol. The molecule has 6 nitrogen and oxygen atoms in total. The molecule has 128 valence electrons. The van der Waals surface area contributed by atoms with E-state index in [9.17, 15) is 9.90 Å². The standard InChI is InChI=1S/C16H17Cl2N3O3/c1-8-3-15(24-20-8)19-14(23)7-21(2)16-11-4-9(17)5-12(18)10(11)6-13(16)22/h3-5,13,16,22H,6-7H2,1-2H3,(H,19,23). The molecule has 2 atom stereocenters. The van der Waals surface area contributed by atoms with Gasteiger partial charge in [-0.05, 0) is 37.2 Å². The van der Waals surface area contributed by atoms with E-state index in [1.165, 1.54) is 0 Å². The van der Waals surface area contributed by atoms with Crippen molar-refractivity contribution in [3.63, 3.8) is 0 Å². The van der Waals surface area contributed by atoms with Gasteiger partial charge in [0, 0.05) is 22.5 Å². The molecule has 24 heavy (non-hydrogen) atoms. The fourth-order valence-electron chi connectivity index (χ4n) is 3.09. The van der Waals surface area contributed by atoms with E-state index >= 15 is 0 Å². The number of hydrogen-bond donors (Lipinski definition) is 2. The lowest BCUT2D eigenvalue weighted by molar-refractivity contribution is -0.118. The van der Waals surface area contributed by atoms with Gasteiger partial charge in [-0.25, -0.2) is 0 Å². The number of aromatic nitrogens is 1. The number of hydrogen-bond acceptors (Lipinski definition) is 5. The zero-order chi connectivity index (χ0) is 17.4. The highest BCUT2D eigenvalue weighted by molar-refractivity contribution is 6.35. The fraction of sp³-hybridized carbons (Fsp3) is 0.375. The van der Waals surface area contributed by atoms with Crippen LogP contribution in [0.4, 0.5) is 5.88 Å². The van der Waals surface area contributed by atoms with Gasteiger partial charge in [0.2, 0.25) is 11.8 Å². The number of carbonyl (C=O) groups is 1. The van der Waals surface area contributed by atoms with Crippen molar-refractivity contribution in [2.45, 2.75) is 25.5 Å². The van der Waals surface area contributed by atoms with E-state index in [0.717, 1.165) is 11.1 Å². The van der Waals surface area contributed by atoms with Crippen LogP contribution in [0.15, 0.2) is 22.7 Å². The Morgan fingerprint density at radius 3 is 2.88 bits per heavy atom. The Hall–Kier alpha value is -1.60. The first-order chi connectivity index (χ1) is 11.3. The van der Waals surface area contributed by atoms with E-state index in [1.54, 1.807) is 37.1 Å². The van der Waals surface area contributed by atoms with E-state index in [-0.39, 0.29) is 18.5 Å². The summed E-state index contributed by atoms with van der Waals surface area (Å²) >= 11 is 12.3. The van der Waals surface area contributed by atoms with Crippen LogP contribution in [0, 0.1) is 6.92 Å². The molecule has 3 rings (SSSR count). The first kappa shape index (κ1) is 17.2. The van der Waals surface area contributed by atoms with E-state index < -0.39 is 6.10 Å². The van der Waals surface area contributed by atoms with Crippen molar-refractivity contribution in [1.82, 2.24) is 10.1 Å². The van der Waals surface area contributed by atoms with Gasteiger partial charge in [0.15, 0.2) is 0 Å². The van der Waals surface area contributed by atoms with Gasteiger partial charge in [-0.15, -0.1) is 0 Å². The molecule has 0 saturated carbocycles. The maximum absolute atomic E-state index is 12.2. The SMILES string of the molecule is Cc1cc(NC(=O)CN(C)C2c3cc(Cl)cc(Cl)c3CC2O)on1. The van der Waals surface area contributed by atoms with Crippen molar-refractivity contribution >= 4 is 35.0 Å². The van der Waals surface area contributed by atoms with Crippen LogP contribution < -0.4 is 5.32 Å². The predicted molar refractivity (Wildman–Crippen MR) is 91.4 cm³/mol. The van der Waals surface area contributed by atoms with Crippen LogP contribution in [0.2, 0.25) is 10.0 Å². The third-order valence-corrected chi connectivity index (χ3v) is 4.61. The molecule has 1 aliphatic carbocycles. The maximum atomic E-state index is 12.2. The number of nitrogens with one attached hydrogen (secondary N) is 1.